The summed E-state index contributed by atoms with van der Waals surface area (Å²) in [5.41, 5.74) is 3.74. The van der Waals surface area contributed by atoms with Crippen molar-refractivity contribution in [2.24, 2.45) is 0 Å². The van der Waals surface area contributed by atoms with Gasteiger partial charge in [-0.3, -0.25) is 9.69 Å². The van der Waals surface area contributed by atoms with Crippen LogP contribution in [0.3, 0.4) is 0 Å². The Labute approximate surface area is 204 Å². The van der Waals surface area contributed by atoms with E-state index >= 15 is 0 Å². The number of H-pyrrole nitrogens is 1. The third-order valence-electron chi connectivity index (χ3n) is 6.28. The van der Waals surface area contributed by atoms with E-state index in [-0.39, 0.29) is 17.1 Å². The molecule has 0 aliphatic carbocycles. The van der Waals surface area contributed by atoms with Crippen LogP contribution in [0.1, 0.15) is 74.0 Å². The molecule has 1 N–H and O–H groups in total. The first-order valence-corrected chi connectivity index (χ1v) is 12.7. The molecule has 0 spiro atoms. The number of hydrogen-bond acceptors (Lipinski definition) is 6. The van der Waals surface area contributed by atoms with Crippen molar-refractivity contribution in [3.8, 4) is 0 Å². The van der Waals surface area contributed by atoms with Crippen LogP contribution in [0.4, 0.5) is 0 Å². The third-order valence-corrected chi connectivity index (χ3v) is 7.14. The first kappa shape index (κ1) is 24.3. The summed E-state index contributed by atoms with van der Waals surface area (Å²) >= 11 is 1.73. The molecule has 0 saturated carbocycles. The summed E-state index contributed by atoms with van der Waals surface area (Å²) in [7, 11) is 0. The second-order valence-corrected chi connectivity index (χ2v) is 11.1. The zero-order valence-corrected chi connectivity index (χ0v) is 21.7. The van der Waals surface area contributed by atoms with Crippen molar-refractivity contribution in [2.75, 3.05) is 0 Å². The highest BCUT2D eigenvalue weighted by molar-refractivity contribution is 7.09. The van der Waals surface area contributed by atoms with Gasteiger partial charge in [0.1, 0.15) is 0 Å². The van der Waals surface area contributed by atoms with Gasteiger partial charge in [0.05, 0.1) is 11.6 Å². The predicted molar refractivity (Wildman–Crippen MR) is 138 cm³/mol. The fourth-order valence-corrected chi connectivity index (χ4v) is 5.09. The van der Waals surface area contributed by atoms with Crippen molar-refractivity contribution in [3.05, 3.63) is 73.5 Å². The van der Waals surface area contributed by atoms with Crippen LogP contribution in [-0.2, 0) is 18.6 Å². The number of hydrogen-bond donors (Lipinski definition) is 1. The Morgan fingerprint density at radius 2 is 1.91 bits per heavy atom. The summed E-state index contributed by atoms with van der Waals surface area (Å²) < 4.78 is 1.92. The minimum Gasteiger partial charge on any atom is -0.322 e. The Hall–Kier alpha value is -2.84. The highest BCUT2D eigenvalue weighted by atomic mass is 32.1. The minimum atomic E-state index is -0.241. The first-order chi connectivity index (χ1) is 16.2. The molecule has 0 radical (unpaired) electrons. The maximum Gasteiger partial charge on any atom is 0.252 e. The maximum absolute atomic E-state index is 13.1. The van der Waals surface area contributed by atoms with Crippen LogP contribution in [0.5, 0.6) is 0 Å². The molecule has 1 aromatic carbocycles. The number of rotatable bonds is 8. The summed E-state index contributed by atoms with van der Waals surface area (Å²) in [6, 6.07) is 10.4. The van der Waals surface area contributed by atoms with E-state index in [1.54, 1.807) is 11.3 Å². The predicted octanol–water partition coefficient (Wildman–Crippen LogP) is 5.49. The molecule has 0 aliphatic heterocycles. The Bertz CT molecular complexity index is 1320. The molecule has 7 nitrogen and oxygen atoms in total. The fourth-order valence-electron chi connectivity index (χ4n) is 4.37. The number of fused-ring (bicyclic) bond motifs is 1. The van der Waals surface area contributed by atoms with Crippen LogP contribution in [0.15, 0.2) is 40.5 Å². The first-order valence-electron chi connectivity index (χ1n) is 11.9. The average molecular weight is 479 g/mol. The lowest BCUT2D eigenvalue weighted by Crippen LogP contribution is -2.35. The van der Waals surface area contributed by atoms with Gasteiger partial charge in [0.15, 0.2) is 5.82 Å². The van der Waals surface area contributed by atoms with Gasteiger partial charge in [0, 0.05) is 29.0 Å². The molecule has 8 heteroatoms. The molecule has 0 saturated heterocycles. The van der Waals surface area contributed by atoms with Crippen molar-refractivity contribution in [3.63, 3.8) is 0 Å². The van der Waals surface area contributed by atoms with Crippen LogP contribution < -0.4 is 5.56 Å². The zero-order chi connectivity index (χ0) is 24.5. The number of pyridine rings is 1. The van der Waals surface area contributed by atoms with Crippen LogP contribution in [0, 0.1) is 13.8 Å². The number of nitrogens with one attached hydrogen (secondary N) is 1. The van der Waals surface area contributed by atoms with E-state index in [0.29, 0.717) is 6.54 Å². The summed E-state index contributed by atoms with van der Waals surface area (Å²) in [5.74, 6) is 0.842. The van der Waals surface area contributed by atoms with Gasteiger partial charge in [-0.2, -0.15) is 0 Å². The van der Waals surface area contributed by atoms with E-state index in [1.165, 1.54) is 16.0 Å². The average Bonchev–Trinajstić information content (AvgIpc) is 3.45. The number of aromatic nitrogens is 5. The van der Waals surface area contributed by atoms with Gasteiger partial charge in [0.2, 0.25) is 0 Å². The topological polar surface area (TPSA) is 79.7 Å². The second kappa shape index (κ2) is 9.80. The molecule has 0 aliphatic rings. The lowest BCUT2D eigenvalue weighted by atomic mass is 10.0. The van der Waals surface area contributed by atoms with E-state index in [2.05, 4.69) is 96.6 Å². The van der Waals surface area contributed by atoms with Gasteiger partial charge in [-0.05, 0) is 97.6 Å². The summed E-state index contributed by atoms with van der Waals surface area (Å²) in [6.07, 6.45) is 1.88. The molecule has 180 valence electrons. The maximum atomic E-state index is 13.1. The molecule has 3 heterocycles. The van der Waals surface area contributed by atoms with Gasteiger partial charge in [-0.1, -0.05) is 19.4 Å². The quantitative estimate of drug-likeness (QED) is 0.362. The molecule has 0 bridgehead atoms. The van der Waals surface area contributed by atoms with E-state index in [0.717, 1.165) is 41.7 Å². The molecular formula is C26H34N6OS. The molecule has 34 heavy (non-hydrogen) atoms. The number of benzene rings is 1. The van der Waals surface area contributed by atoms with Gasteiger partial charge in [0.25, 0.3) is 5.56 Å². The summed E-state index contributed by atoms with van der Waals surface area (Å²) in [5, 5.41) is 16.0. The standard InChI is InChI=1S/C26H34N6OS/c1-7-9-23(24-28-29-30-32(24)26(4,5)6)31(16-21-10-8-11-34-21)15-20-14-19-12-17(2)18(3)13-22(19)27-25(20)33/h8,10-14,23H,7,9,15-16H2,1-6H3,(H,27,33)/t23-/m0/s1. The van der Waals surface area contributed by atoms with Gasteiger partial charge in [-0.15, -0.1) is 16.4 Å². The second-order valence-electron chi connectivity index (χ2n) is 10.1. The van der Waals surface area contributed by atoms with Crippen molar-refractivity contribution in [1.82, 2.24) is 30.1 Å². The third kappa shape index (κ3) is 5.13. The molecule has 4 aromatic rings. The van der Waals surface area contributed by atoms with Crippen molar-refractivity contribution < 1.29 is 0 Å². The largest absolute Gasteiger partial charge is 0.322 e. The zero-order valence-electron chi connectivity index (χ0n) is 20.9. The van der Waals surface area contributed by atoms with Crippen LogP contribution in [0.25, 0.3) is 10.9 Å². The Kier molecular flexibility index (Phi) is 7.00. The molecule has 0 amide bonds. The van der Waals surface area contributed by atoms with E-state index in [9.17, 15) is 4.79 Å². The molecule has 1 atom stereocenters. The van der Waals surface area contributed by atoms with Crippen LogP contribution >= 0.6 is 11.3 Å². The van der Waals surface area contributed by atoms with E-state index in [1.807, 2.05) is 10.7 Å². The lowest BCUT2D eigenvalue weighted by Gasteiger charge is -2.32. The molecular weight excluding hydrogens is 444 g/mol. The number of nitrogens with zero attached hydrogens (tertiary/aromatic N) is 5. The van der Waals surface area contributed by atoms with Gasteiger partial charge in [-0.25, -0.2) is 4.68 Å². The fraction of sp³-hybridized carbons (Fsp3) is 0.462. The van der Waals surface area contributed by atoms with Crippen molar-refractivity contribution in [2.45, 2.75) is 79.1 Å². The van der Waals surface area contributed by atoms with Crippen molar-refractivity contribution in [1.29, 1.82) is 0 Å². The number of aromatic amines is 1. The van der Waals surface area contributed by atoms with Crippen LogP contribution in [0.2, 0.25) is 0 Å². The van der Waals surface area contributed by atoms with Gasteiger partial charge >= 0.3 is 0 Å². The number of thiophene rings is 1. The SMILES string of the molecule is CCC[C@@H](c1nnnn1C(C)(C)C)N(Cc1cccs1)Cc1cc2cc(C)c(C)cc2[nH]c1=O. The Morgan fingerprint density at radius 1 is 1.15 bits per heavy atom. The highest BCUT2D eigenvalue weighted by Gasteiger charge is 2.30. The minimum absolute atomic E-state index is 0.0174. The molecule has 0 unspecified atom stereocenters. The van der Waals surface area contributed by atoms with Gasteiger partial charge < -0.3 is 4.98 Å². The normalized spacial score (nSPS) is 13.1. The lowest BCUT2D eigenvalue weighted by molar-refractivity contribution is 0.150. The number of tetrazole rings is 1. The highest BCUT2D eigenvalue weighted by Crippen LogP contribution is 2.31. The number of aryl methyl sites for hydroxylation is 2. The molecule has 0 fully saturated rings. The Morgan fingerprint density at radius 3 is 2.59 bits per heavy atom. The molecule has 4 rings (SSSR count). The van der Waals surface area contributed by atoms with Crippen LogP contribution in [-0.4, -0.2) is 30.1 Å². The van der Waals surface area contributed by atoms with E-state index < -0.39 is 0 Å². The van der Waals surface area contributed by atoms with E-state index in [4.69, 9.17) is 0 Å². The molecule has 3 aromatic heterocycles. The summed E-state index contributed by atoms with van der Waals surface area (Å²) in [6.45, 7) is 13.9. The Balaban J connectivity index is 1.78. The summed E-state index contributed by atoms with van der Waals surface area (Å²) in [4.78, 5) is 19.8. The van der Waals surface area contributed by atoms with Crippen molar-refractivity contribution >= 4 is 22.2 Å². The monoisotopic (exact) mass is 478 g/mol. The smallest absolute Gasteiger partial charge is 0.252 e.